The monoisotopic (exact) mass is 272 g/mol. The van der Waals surface area contributed by atoms with Crippen LogP contribution >= 0.6 is 0 Å². The molecule has 0 fully saturated rings. The SMILES string of the molecule is C=CCOC(OCC)[Se]c1ccccc1. The summed E-state index contributed by atoms with van der Waals surface area (Å²) in [4.78, 5) is 0. The van der Waals surface area contributed by atoms with Crippen LogP contribution < -0.4 is 4.46 Å². The normalized spacial score (nSPS) is 12.3. The molecule has 2 nitrogen and oxygen atoms in total. The first kappa shape index (κ1) is 12.5. The van der Waals surface area contributed by atoms with Crippen molar-refractivity contribution in [1.29, 1.82) is 0 Å². The zero-order valence-electron chi connectivity index (χ0n) is 8.89. The molecule has 1 aromatic carbocycles. The van der Waals surface area contributed by atoms with Gasteiger partial charge in [-0.25, -0.2) is 0 Å². The number of hydrogen-bond donors (Lipinski definition) is 0. The molecule has 1 rings (SSSR count). The first-order valence-electron chi connectivity index (χ1n) is 4.92. The van der Waals surface area contributed by atoms with Gasteiger partial charge in [0.2, 0.25) is 0 Å². The summed E-state index contributed by atoms with van der Waals surface area (Å²) in [6.07, 6.45) is 1.74. The van der Waals surface area contributed by atoms with Crippen molar-refractivity contribution in [3.8, 4) is 0 Å². The molecule has 0 heterocycles. The maximum absolute atomic E-state index is 5.52. The van der Waals surface area contributed by atoms with Crippen LogP contribution in [0.3, 0.4) is 0 Å². The number of rotatable bonds is 7. The van der Waals surface area contributed by atoms with E-state index in [9.17, 15) is 0 Å². The maximum atomic E-state index is 5.52. The van der Waals surface area contributed by atoms with E-state index in [0.717, 1.165) is 0 Å². The first-order chi connectivity index (χ1) is 7.36. The average molecular weight is 271 g/mol. The molecule has 1 unspecified atom stereocenters. The Bertz CT molecular complexity index is 274. The van der Waals surface area contributed by atoms with Gasteiger partial charge in [0, 0.05) is 0 Å². The zero-order chi connectivity index (χ0) is 10.9. The molecule has 0 aliphatic heterocycles. The van der Waals surface area contributed by atoms with E-state index in [2.05, 4.69) is 18.7 Å². The molecule has 0 saturated heterocycles. The molecule has 82 valence electrons. The number of ether oxygens (including phenoxy) is 2. The molecule has 0 bridgehead atoms. The van der Waals surface area contributed by atoms with Crippen LogP contribution in [0.2, 0.25) is 0 Å². The Hall–Kier alpha value is -0.601. The Kier molecular flexibility index (Phi) is 6.37. The van der Waals surface area contributed by atoms with Crippen LogP contribution in [-0.2, 0) is 9.47 Å². The van der Waals surface area contributed by atoms with E-state index in [4.69, 9.17) is 9.47 Å². The Labute approximate surface area is 97.4 Å². The predicted octanol–water partition coefficient (Wildman–Crippen LogP) is 1.54. The van der Waals surface area contributed by atoms with Gasteiger partial charge < -0.3 is 0 Å². The summed E-state index contributed by atoms with van der Waals surface area (Å²) in [5.74, 6) is 0. The summed E-state index contributed by atoms with van der Waals surface area (Å²) in [6, 6.07) is 10.3. The van der Waals surface area contributed by atoms with Gasteiger partial charge in [-0.15, -0.1) is 0 Å². The van der Waals surface area contributed by atoms with Gasteiger partial charge in [-0.1, -0.05) is 0 Å². The van der Waals surface area contributed by atoms with Crippen molar-refractivity contribution in [3.63, 3.8) is 0 Å². The fourth-order valence-electron chi connectivity index (χ4n) is 1.01. The average Bonchev–Trinajstić information content (AvgIpc) is 2.28. The van der Waals surface area contributed by atoms with Gasteiger partial charge >= 0.3 is 97.2 Å². The molecule has 15 heavy (non-hydrogen) atoms. The van der Waals surface area contributed by atoms with Gasteiger partial charge in [-0.3, -0.25) is 0 Å². The van der Waals surface area contributed by atoms with E-state index in [1.165, 1.54) is 4.46 Å². The molecular weight excluding hydrogens is 255 g/mol. The van der Waals surface area contributed by atoms with E-state index < -0.39 is 0 Å². The zero-order valence-corrected chi connectivity index (χ0v) is 10.6. The topological polar surface area (TPSA) is 18.5 Å². The Morgan fingerprint density at radius 1 is 1.33 bits per heavy atom. The van der Waals surface area contributed by atoms with Crippen LogP contribution in [0.15, 0.2) is 43.0 Å². The third-order valence-corrected chi connectivity index (χ3v) is 3.75. The first-order valence-corrected chi connectivity index (χ1v) is 6.77. The molecular formula is C12H16O2Se. The molecule has 3 heteroatoms. The summed E-state index contributed by atoms with van der Waals surface area (Å²) in [5.41, 5.74) is 0. The molecule has 0 aromatic heterocycles. The predicted molar refractivity (Wildman–Crippen MR) is 63.4 cm³/mol. The Morgan fingerprint density at radius 2 is 2.07 bits per heavy atom. The number of hydrogen-bond acceptors (Lipinski definition) is 2. The Morgan fingerprint density at radius 3 is 2.67 bits per heavy atom. The van der Waals surface area contributed by atoms with Gasteiger partial charge in [0.1, 0.15) is 0 Å². The third-order valence-electron chi connectivity index (χ3n) is 1.63. The summed E-state index contributed by atoms with van der Waals surface area (Å²) in [5, 5.41) is -0.108. The van der Waals surface area contributed by atoms with Crippen molar-refractivity contribution < 1.29 is 9.47 Å². The van der Waals surface area contributed by atoms with E-state index in [1.807, 2.05) is 25.1 Å². The van der Waals surface area contributed by atoms with Crippen LogP contribution in [0, 0.1) is 0 Å². The van der Waals surface area contributed by atoms with Gasteiger partial charge in [0.25, 0.3) is 0 Å². The van der Waals surface area contributed by atoms with Gasteiger partial charge in [-0.05, 0) is 0 Å². The molecule has 0 aliphatic rings. The van der Waals surface area contributed by atoms with Gasteiger partial charge in [0.05, 0.1) is 0 Å². The molecule has 0 spiro atoms. The van der Waals surface area contributed by atoms with Crippen LogP contribution in [0.5, 0.6) is 0 Å². The van der Waals surface area contributed by atoms with Gasteiger partial charge in [-0.2, -0.15) is 0 Å². The van der Waals surface area contributed by atoms with Crippen LogP contribution in [0.1, 0.15) is 6.92 Å². The summed E-state index contributed by atoms with van der Waals surface area (Å²) < 4.78 is 12.3. The van der Waals surface area contributed by atoms with E-state index in [0.29, 0.717) is 13.2 Å². The fourth-order valence-corrected chi connectivity index (χ4v) is 2.87. The van der Waals surface area contributed by atoms with E-state index in [-0.39, 0.29) is 20.1 Å². The van der Waals surface area contributed by atoms with Crippen LogP contribution in [0.4, 0.5) is 0 Å². The third kappa shape index (κ3) is 5.14. The van der Waals surface area contributed by atoms with Crippen molar-refractivity contribution in [1.82, 2.24) is 0 Å². The quantitative estimate of drug-likeness (QED) is 0.425. The molecule has 1 atom stereocenters. The second-order valence-electron chi connectivity index (χ2n) is 2.80. The Balaban J connectivity index is 2.46. The van der Waals surface area contributed by atoms with Crippen LogP contribution in [-0.4, -0.2) is 33.4 Å². The summed E-state index contributed by atoms with van der Waals surface area (Å²) in [7, 11) is 0. The number of benzene rings is 1. The summed E-state index contributed by atoms with van der Waals surface area (Å²) >= 11 is 0.195. The van der Waals surface area contributed by atoms with Crippen molar-refractivity contribution in [2.24, 2.45) is 0 Å². The molecule has 1 aromatic rings. The van der Waals surface area contributed by atoms with E-state index >= 15 is 0 Å². The second kappa shape index (κ2) is 7.66. The van der Waals surface area contributed by atoms with Crippen molar-refractivity contribution in [2.75, 3.05) is 13.2 Å². The molecule has 0 amide bonds. The molecule has 0 saturated carbocycles. The fraction of sp³-hybridized carbons (Fsp3) is 0.333. The van der Waals surface area contributed by atoms with Crippen molar-refractivity contribution in [3.05, 3.63) is 43.0 Å². The summed E-state index contributed by atoms with van der Waals surface area (Å²) in [6.45, 7) is 6.82. The molecule has 0 N–H and O–H groups in total. The molecule has 0 aliphatic carbocycles. The van der Waals surface area contributed by atoms with Gasteiger partial charge in [0.15, 0.2) is 0 Å². The minimum atomic E-state index is -0.108. The minimum absolute atomic E-state index is 0.108. The molecule has 0 radical (unpaired) electrons. The standard InChI is InChI=1S/C12H16O2Se/c1-3-10-14-12(13-4-2)15-11-8-6-5-7-9-11/h3,5-9,12H,1,4,10H2,2H3. The van der Waals surface area contributed by atoms with Crippen molar-refractivity contribution >= 4 is 19.4 Å². The van der Waals surface area contributed by atoms with Crippen molar-refractivity contribution in [2.45, 2.75) is 12.1 Å². The van der Waals surface area contributed by atoms with Crippen LogP contribution in [0.25, 0.3) is 0 Å². The second-order valence-corrected chi connectivity index (χ2v) is 5.09. The van der Waals surface area contributed by atoms with E-state index in [1.54, 1.807) is 6.08 Å².